The molecule has 10 nitrogen and oxygen atoms in total. The maximum absolute atomic E-state index is 13.1. The lowest BCUT2D eigenvalue weighted by Crippen LogP contribution is -2.55. The van der Waals surface area contributed by atoms with E-state index >= 15 is 0 Å². The van der Waals surface area contributed by atoms with Crippen LogP contribution in [0.4, 0.5) is 0 Å². The first kappa shape index (κ1) is 25.4. The predicted octanol–water partition coefficient (Wildman–Crippen LogP) is 1.20. The fraction of sp³-hybridized carbons (Fsp3) is 0.280. The van der Waals surface area contributed by atoms with Crippen LogP contribution in [0.3, 0.4) is 0 Å². The molecule has 2 aromatic carbocycles. The minimum atomic E-state index is -1.24. The van der Waals surface area contributed by atoms with Crippen LogP contribution in [-0.2, 0) is 32.0 Å². The summed E-state index contributed by atoms with van der Waals surface area (Å²) in [5.41, 5.74) is 8.12. The number of hydrogen-bond acceptors (Lipinski definition) is 5. The molecule has 0 aliphatic carbocycles. The lowest BCUT2D eigenvalue weighted by atomic mass is 10.0. The number of para-hydroxylation sites is 1. The predicted molar refractivity (Wildman–Crippen MR) is 128 cm³/mol. The molecule has 2 amide bonds. The standard InChI is InChI=1S/C25H28N4O6/c26-18(10-11-22(30)31)23(32)28-20(12-15-6-2-1-3-7-15)24(33)29-21(25(34)35)13-16-14-27-19-9-5-4-8-17(16)19/h1-9,14,18,20-21,27H,10-13,26H2,(H,28,32)(H,29,33)(H,30,31)(H,34,35). The van der Waals surface area contributed by atoms with Gasteiger partial charge in [-0.05, 0) is 23.6 Å². The van der Waals surface area contributed by atoms with E-state index in [0.717, 1.165) is 22.0 Å². The third kappa shape index (κ3) is 7.15. The second-order valence-corrected chi connectivity index (χ2v) is 8.25. The van der Waals surface area contributed by atoms with Gasteiger partial charge in [-0.25, -0.2) is 4.79 Å². The number of amides is 2. The smallest absolute Gasteiger partial charge is 0.326 e. The Balaban J connectivity index is 1.75. The molecule has 0 saturated heterocycles. The third-order valence-electron chi connectivity index (χ3n) is 5.64. The number of hydrogen-bond donors (Lipinski definition) is 6. The van der Waals surface area contributed by atoms with Gasteiger partial charge >= 0.3 is 11.9 Å². The van der Waals surface area contributed by atoms with Crippen LogP contribution in [-0.4, -0.2) is 57.1 Å². The van der Waals surface area contributed by atoms with Crippen molar-refractivity contribution in [3.63, 3.8) is 0 Å². The van der Waals surface area contributed by atoms with Crippen molar-refractivity contribution in [1.29, 1.82) is 0 Å². The Hall–Kier alpha value is -4.18. The van der Waals surface area contributed by atoms with Crippen LogP contribution in [0.25, 0.3) is 10.9 Å². The Labute approximate surface area is 201 Å². The molecule has 1 aromatic heterocycles. The Morgan fingerprint density at radius 3 is 2.20 bits per heavy atom. The van der Waals surface area contributed by atoms with Gasteiger partial charge in [0.05, 0.1) is 6.04 Å². The molecule has 35 heavy (non-hydrogen) atoms. The Morgan fingerprint density at radius 1 is 0.857 bits per heavy atom. The van der Waals surface area contributed by atoms with Crippen molar-refractivity contribution in [3.05, 3.63) is 71.9 Å². The molecule has 0 aliphatic rings. The van der Waals surface area contributed by atoms with E-state index in [-0.39, 0.29) is 25.7 Å². The first-order valence-electron chi connectivity index (χ1n) is 11.1. The van der Waals surface area contributed by atoms with Crippen LogP contribution in [0.15, 0.2) is 60.8 Å². The van der Waals surface area contributed by atoms with Crippen molar-refractivity contribution >= 4 is 34.7 Å². The van der Waals surface area contributed by atoms with Crippen LogP contribution in [0.2, 0.25) is 0 Å². The molecule has 0 spiro atoms. The molecule has 0 radical (unpaired) electrons. The number of rotatable bonds is 12. The van der Waals surface area contributed by atoms with Crippen LogP contribution in [0, 0.1) is 0 Å². The molecular formula is C25H28N4O6. The Morgan fingerprint density at radius 2 is 1.51 bits per heavy atom. The van der Waals surface area contributed by atoms with Gasteiger partial charge < -0.3 is 31.6 Å². The van der Waals surface area contributed by atoms with E-state index in [9.17, 15) is 24.3 Å². The third-order valence-corrected chi connectivity index (χ3v) is 5.64. The number of nitrogens with one attached hydrogen (secondary N) is 3. The van der Waals surface area contributed by atoms with E-state index in [1.165, 1.54) is 0 Å². The van der Waals surface area contributed by atoms with Crippen LogP contribution in [0.1, 0.15) is 24.0 Å². The first-order chi connectivity index (χ1) is 16.7. The van der Waals surface area contributed by atoms with E-state index in [0.29, 0.717) is 0 Å². The van der Waals surface area contributed by atoms with Gasteiger partial charge in [0.1, 0.15) is 12.1 Å². The minimum Gasteiger partial charge on any atom is -0.481 e. The van der Waals surface area contributed by atoms with Gasteiger partial charge in [0.25, 0.3) is 0 Å². The summed E-state index contributed by atoms with van der Waals surface area (Å²) in [6, 6.07) is 12.9. The molecule has 3 aromatic rings. The quantitative estimate of drug-likeness (QED) is 0.226. The summed E-state index contributed by atoms with van der Waals surface area (Å²) >= 11 is 0. The van der Waals surface area contributed by atoms with E-state index in [1.807, 2.05) is 24.3 Å². The minimum absolute atomic E-state index is 0.0369. The van der Waals surface area contributed by atoms with Crippen LogP contribution >= 0.6 is 0 Å². The second-order valence-electron chi connectivity index (χ2n) is 8.25. The van der Waals surface area contributed by atoms with Gasteiger partial charge in [0.2, 0.25) is 11.8 Å². The first-order valence-corrected chi connectivity index (χ1v) is 11.1. The second kappa shape index (κ2) is 11.8. The highest BCUT2D eigenvalue weighted by Gasteiger charge is 2.29. The zero-order chi connectivity index (χ0) is 25.4. The van der Waals surface area contributed by atoms with Gasteiger partial charge in [-0.1, -0.05) is 48.5 Å². The zero-order valence-electron chi connectivity index (χ0n) is 18.9. The number of carbonyl (C=O) groups excluding carboxylic acids is 2. The number of carboxylic acid groups (broad SMARTS) is 2. The summed E-state index contributed by atoms with van der Waals surface area (Å²) in [5, 5.41) is 24.5. The van der Waals surface area contributed by atoms with Gasteiger partial charge in [-0.15, -0.1) is 0 Å². The molecule has 0 fully saturated rings. The lowest BCUT2D eigenvalue weighted by molar-refractivity contribution is -0.142. The Kier molecular flexibility index (Phi) is 8.58. The molecule has 1 heterocycles. The molecule has 0 aliphatic heterocycles. The highest BCUT2D eigenvalue weighted by molar-refractivity contribution is 5.92. The van der Waals surface area contributed by atoms with Gasteiger partial charge in [0.15, 0.2) is 0 Å². The van der Waals surface area contributed by atoms with Gasteiger partial charge in [-0.3, -0.25) is 14.4 Å². The number of carboxylic acids is 2. The summed E-state index contributed by atoms with van der Waals surface area (Å²) in [6.45, 7) is 0. The fourth-order valence-corrected chi connectivity index (χ4v) is 3.74. The van der Waals surface area contributed by atoms with Crippen molar-refractivity contribution in [3.8, 4) is 0 Å². The number of aromatic nitrogens is 1. The van der Waals surface area contributed by atoms with Crippen molar-refractivity contribution in [2.45, 2.75) is 43.8 Å². The Bertz CT molecular complexity index is 1190. The summed E-state index contributed by atoms with van der Waals surface area (Å²) < 4.78 is 0. The average Bonchev–Trinajstić information content (AvgIpc) is 3.25. The number of aliphatic carboxylic acids is 2. The highest BCUT2D eigenvalue weighted by Crippen LogP contribution is 2.19. The monoisotopic (exact) mass is 480 g/mol. The molecular weight excluding hydrogens is 452 g/mol. The number of aromatic amines is 1. The van der Waals surface area contributed by atoms with E-state index in [4.69, 9.17) is 10.8 Å². The molecule has 3 atom stereocenters. The molecule has 0 saturated carbocycles. The molecule has 3 unspecified atom stereocenters. The summed E-state index contributed by atoms with van der Waals surface area (Å²) in [6.07, 6.45) is 1.45. The maximum Gasteiger partial charge on any atom is 0.326 e. The summed E-state index contributed by atoms with van der Waals surface area (Å²) in [4.78, 5) is 51.5. The SMILES string of the molecule is NC(CCC(=O)O)C(=O)NC(Cc1ccccc1)C(=O)NC(Cc1c[nH]c2ccccc12)C(=O)O. The average molecular weight is 481 g/mol. The van der Waals surface area contributed by atoms with E-state index < -0.39 is 41.9 Å². The number of fused-ring (bicyclic) bond motifs is 1. The van der Waals surface area contributed by atoms with Crippen molar-refractivity contribution in [2.24, 2.45) is 5.73 Å². The molecule has 0 bridgehead atoms. The lowest BCUT2D eigenvalue weighted by Gasteiger charge is -2.23. The van der Waals surface area contributed by atoms with Crippen molar-refractivity contribution in [1.82, 2.24) is 15.6 Å². The molecule has 3 rings (SSSR count). The molecule has 10 heteroatoms. The van der Waals surface area contributed by atoms with Gasteiger partial charge in [-0.2, -0.15) is 0 Å². The van der Waals surface area contributed by atoms with Crippen molar-refractivity contribution < 1.29 is 29.4 Å². The van der Waals surface area contributed by atoms with E-state index in [1.54, 1.807) is 36.5 Å². The normalized spacial score (nSPS) is 13.5. The number of benzene rings is 2. The number of H-pyrrole nitrogens is 1. The van der Waals surface area contributed by atoms with Crippen molar-refractivity contribution in [2.75, 3.05) is 0 Å². The fourth-order valence-electron chi connectivity index (χ4n) is 3.74. The topological polar surface area (TPSA) is 175 Å². The van der Waals surface area contributed by atoms with Gasteiger partial charge in [0, 0.05) is 36.4 Å². The zero-order valence-corrected chi connectivity index (χ0v) is 18.9. The number of carbonyl (C=O) groups is 4. The van der Waals surface area contributed by atoms with Crippen LogP contribution < -0.4 is 16.4 Å². The van der Waals surface area contributed by atoms with Crippen LogP contribution in [0.5, 0.6) is 0 Å². The molecule has 7 N–H and O–H groups in total. The molecule has 184 valence electrons. The summed E-state index contributed by atoms with van der Waals surface area (Å²) in [7, 11) is 0. The largest absolute Gasteiger partial charge is 0.481 e. The van der Waals surface area contributed by atoms with E-state index in [2.05, 4.69) is 15.6 Å². The maximum atomic E-state index is 13.1. The number of nitrogens with two attached hydrogens (primary N) is 1. The highest BCUT2D eigenvalue weighted by atomic mass is 16.4. The summed E-state index contributed by atoms with van der Waals surface area (Å²) in [5.74, 6) is -3.68.